The van der Waals surface area contributed by atoms with Crippen LogP contribution >= 0.6 is 0 Å². The predicted octanol–water partition coefficient (Wildman–Crippen LogP) is 5.24. The Hall–Kier alpha value is -3.87. The number of aryl methyl sites for hydroxylation is 1. The maximum absolute atomic E-state index is 13.3. The third-order valence-corrected chi connectivity index (χ3v) is 5.99. The molecule has 1 amide bonds. The lowest BCUT2D eigenvalue weighted by molar-refractivity contribution is -0.141. The highest BCUT2D eigenvalue weighted by atomic mass is 19.1. The largest absolute Gasteiger partial charge is 0.493 e. The molecule has 0 spiro atoms. The summed E-state index contributed by atoms with van der Waals surface area (Å²) in [5.41, 5.74) is 2.46. The average molecular weight is 464 g/mol. The second-order valence-electron chi connectivity index (χ2n) is 8.18. The van der Waals surface area contributed by atoms with Gasteiger partial charge in [-0.25, -0.2) is 4.39 Å². The van der Waals surface area contributed by atoms with Gasteiger partial charge in [-0.3, -0.25) is 9.59 Å². The van der Waals surface area contributed by atoms with Crippen molar-refractivity contribution in [2.45, 2.75) is 25.8 Å². The first-order valence-corrected chi connectivity index (χ1v) is 11.0. The molecular weight excluding hydrogens is 437 g/mol. The number of methoxy groups -OCH3 is 2. The molecule has 1 aliphatic heterocycles. The van der Waals surface area contributed by atoms with Gasteiger partial charge in [0.05, 0.1) is 26.2 Å². The fourth-order valence-corrected chi connectivity index (χ4v) is 4.26. The van der Waals surface area contributed by atoms with Crippen LogP contribution in [0.3, 0.4) is 0 Å². The van der Waals surface area contributed by atoms with Gasteiger partial charge in [0, 0.05) is 12.1 Å². The summed E-state index contributed by atoms with van der Waals surface area (Å²) in [5.74, 6) is -0.367. The Balaban J connectivity index is 1.77. The van der Waals surface area contributed by atoms with Gasteiger partial charge in [0.25, 0.3) is 0 Å². The maximum Gasteiger partial charge on any atom is 0.316 e. The lowest BCUT2D eigenvalue weighted by Crippen LogP contribution is -2.46. The molecule has 0 radical (unpaired) electrons. The summed E-state index contributed by atoms with van der Waals surface area (Å²) >= 11 is 0. The number of halogens is 1. The van der Waals surface area contributed by atoms with Gasteiger partial charge >= 0.3 is 5.97 Å². The van der Waals surface area contributed by atoms with Gasteiger partial charge in [-0.05, 0) is 67.4 Å². The van der Waals surface area contributed by atoms with Crippen molar-refractivity contribution in [1.29, 1.82) is 0 Å². The van der Waals surface area contributed by atoms with E-state index in [0.717, 1.165) is 5.56 Å². The van der Waals surface area contributed by atoms with E-state index in [1.54, 1.807) is 24.1 Å². The lowest BCUT2D eigenvalue weighted by atomic mass is 9.83. The highest BCUT2D eigenvalue weighted by Gasteiger charge is 2.42. The van der Waals surface area contributed by atoms with E-state index in [0.29, 0.717) is 29.2 Å². The fourth-order valence-electron chi connectivity index (χ4n) is 4.26. The molecule has 3 aromatic carbocycles. The third kappa shape index (κ3) is 4.73. The molecule has 0 aliphatic carbocycles. The predicted molar refractivity (Wildman–Crippen MR) is 126 cm³/mol. The van der Waals surface area contributed by atoms with Crippen molar-refractivity contribution in [3.05, 3.63) is 83.7 Å². The van der Waals surface area contributed by atoms with Gasteiger partial charge in [-0.15, -0.1) is 0 Å². The van der Waals surface area contributed by atoms with Crippen LogP contribution in [0.15, 0.2) is 66.7 Å². The normalized spacial score (nSPS) is 17.9. The van der Waals surface area contributed by atoms with Gasteiger partial charge in [0.15, 0.2) is 11.5 Å². The smallest absolute Gasteiger partial charge is 0.316 e. The molecule has 176 valence electrons. The third-order valence-electron chi connectivity index (χ3n) is 5.99. The van der Waals surface area contributed by atoms with Gasteiger partial charge in [-0.1, -0.05) is 23.8 Å². The molecule has 1 saturated heterocycles. The molecule has 2 unspecified atom stereocenters. The van der Waals surface area contributed by atoms with Crippen molar-refractivity contribution >= 4 is 17.6 Å². The number of nitrogens with zero attached hydrogens (tertiary/aromatic N) is 1. The van der Waals surface area contributed by atoms with Crippen LogP contribution in [0.5, 0.6) is 17.2 Å². The summed E-state index contributed by atoms with van der Waals surface area (Å²) in [5, 5.41) is 0. The number of carbonyl (C=O) groups is 2. The molecule has 0 N–H and O–H groups in total. The highest BCUT2D eigenvalue weighted by molar-refractivity contribution is 5.97. The second-order valence-corrected chi connectivity index (χ2v) is 8.18. The number of amides is 1. The molecule has 7 heteroatoms. The van der Waals surface area contributed by atoms with Gasteiger partial charge in [0.2, 0.25) is 5.91 Å². The number of piperidine rings is 1. The van der Waals surface area contributed by atoms with E-state index in [4.69, 9.17) is 14.2 Å². The molecule has 2 atom stereocenters. The zero-order valence-electron chi connectivity index (χ0n) is 19.3. The number of rotatable bonds is 6. The number of carbonyl (C=O) groups excluding carboxylic acids is 2. The van der Waals surface area contributed by atoms with E-state index < -0.39 is 23.7 Å². The SMILES string of the molecule is COc1ccc(C2C(C(=O)Oc3ccc(F)cc3)CCC(=O)N2c2ccc(C)cc2)cc1OC. The van der Waals surface area contributed by atoms with E-state index >= 15 is 0 Å². The van der Waals surface area contributed by atoms with Crippen molar-refractivity contribution in [2.24, 2.45) is 5.92 Å². The first-order valence-electron chi connectivity index (χ1n) is 11.0. The van der Waals surface area contributed by atoms with Gasteiger partial charge in [-0.2, -0.15) is 0 Å². The Kier molecular flexibility index (Phi) is 6.82. The summed E-state index contributed by atoms with van der Waals surface area (Å²) in [7, 11) is 3.08. The van der Waals surface area contributed by atoms with E-state index in [-0.39, 0.29) is 18.1 Å². The molecule has 1 heterocycles. The Morgan fingerprint density at radius 3 is 2.26 bits per heavy atom. The summed E-state index contributed by atoms with van der Waals surface area (Å²) < 4.78 is 29.7. The molecule has 4 rings (SSSR count). The molecule has 34 heavy (non-hydrogen) atoms. The van der Waals surface area contributed by atoms with Crippen LogP contribution < -0.4 is 19.1 Å². The number of ether oxygens (including phenoxy) is 3. The van der Waals surface area contributed by atoms with Crippen LogP contribution in [0.25, 0.3) is 0 Å². The zero-order valence-corrected chi connectivity index (χ0v) is 19.3. The Labute approximate surface area is 197 Å². The summed E-state index contributed by atoms with van der Waals surface area (Å²) in [6, 6.07) is 17.6. The lowest BCUT2D eigenvalue weighted by Gasteiger charge is -2.40. The van der Waals surface area contributed by atoms with E-state index in [1.807, 2.05) is 37.3 Å². The van der Waals surface area contributed by atoms with E-state index in [9.17, 15) is 14.0 Å². The quantitative estimate of drug-likeness (QED) is 0.369. The minimum Gasteiger partial charge on any atom is -0.493 e. The molecule has 0 aromatic heterocycles. The molecule has 1 aliphatic rings. The molecule has 0 saturated carbocycles. The van der Waals surface area contributed by atoms with E-state index in [2.05, 4.69) is 0 Å². The van der Waals surface area contributed by atoms with Crippen LogP contribution in [-0.4, -0.2) is 26.1 Å². The van der Waals surface area contributed by atoms with Crippen LogP contribution in [0.4, 0.5) is 10.1 Å². The van der Waals surface area contributed by atoms with Crippen molar-refractivity contribution < 1.29 is 28.2 Å². The second kappa shape index (κ2) is 9.95. The number of hydrogen-bond donors (Lipinski definition) is 0. The summed E-state index contributed by atoms with van der Waals surface area (Å²) in [6.45, 7) is 1.97. The number of benzene rings is 3. The first-order chi connectivity index (χ1) is 16.4. The molecule has 6 nitrogen and oxygen atoms in total. The van der Waals surface area contributed by atoms with Crippen LogP contribution in [0.2, 0.25) is 0 Å². The highest BCUT2D eigenvalue weighted by Crippen LogP contribution is 2.43. The number of hydrogen-bond acceptors (Lipinski definition) is 5. The minimum absolute atomic E-state index is 0.0885. The van der Waals surface area contributed by atoms with Gasteiger partial charge in [0.1, 0.15) is 11.6 Å². The standard InChI is InChI=1S/C27H26FNO5/c1-17-4-9-20(10-5-17)29-25(30)15-13-22(27(31)34-21-11-7-19(28)8-12-21)26(29)18-6-14-23(32-2)24(16-18)33-3/h4-12,14,16,22,26H,13,15H2,1-3H3. The molecular formula is C27H26FNO5. The summed E-state index contributed by atoms with van der Waals surface area (Å²) in [6.07, 6.45) is 0.515. The van der Waals surface area contributed by atoms with Crippen molar-refractivity contribution in [3.63, 3.8) is 0 Å². The molecule has 0 bridgehead atoms. The maximum atomic E-state index is 13.3. The van der Waals surface area contributed by atoms with Crippen molar-refractivity contribution in [2.75, 3.05) is 19.1 Å². The Bertz CT molecular complexity index is 1180. The molecule has 3 aromatic rings. The monoisotopic (exact) mass is 463 g/mol. The molecule has 1 fully saturated rings. The summed E-state index contributed by atoms with van der Waals surface area (Å²) in [4.78, 5) is 28.2. The minimum atomic E-state index is -0.651. The Morgan fingerprint density at radius 1 is 0.941 bits per heavy atom. The topological polar surface area (TPSA) is 65.1 Å². The first kappa shape index (κ1) is 23.3. The van der Waals surface area contributed by atoms with Gasteiger partial charge < -0.3 is 19.1 Å². The number of esters is 1. The van der Waals surface area contributed by atoms with Crippen LogP contribution in [-0.2, 0) is 9.59 Å². The van der Waals surface area contributed by atoms with Crippen molar-refractivity contribution in [1.82, 2.24) is 0 Å². The number of anilines is 1. The van der Waals surface area contributed by atoms with Crippen LogP contribution in [0.1, 0.15) is 30.0 Å². The Morgan fingerprint density at radius 2 is 1.62 bits per heavy atom. The van der Waals surface area contributed by atoms with Crippen LogP contribution in [0, 0.1) is 18.7 Å². The van der Waals surface area contributed by atoms with Crippen molar-refractivity contribution in [3.8, 4) is 17.2 Å². The fraction of sp³-hybridized carbons (Fsp3) is 0.259. The zero-order chi connectivity index (χ0) is 24.2. The van der Waals surface area contributed by atoms with E-state index in [1.165, 1.54) is 31.4 Å². The average Bonchev–Trinajstić information content (AvgIpc) is 2.85.